The molecule has 28 heavy (non-hydrogen) atoms. The first-order valence-electron chi connectivity index (χ1n) is 9.05. The van der Waals surface area contributed by atoms with Crippen molar-refractivity contribution in [3.8, 4) is 11.5 Å². The number of nitrogens with one attached hydrogen (secondary N) is 1. The van der Waals surface area contributed by atoms with Crippen LogP contribution in [0.25, 0.3) is 10.9 Å². The Balaban J connectivity index is 1.66. The minimum absolute atomic E-state index is 0.0561. The predicted molar refractivity (Wildman–Crippen MR) is 101 cm³/mol. The zero-order chi connectivity index (χ0) is 19.5. The number of carbonyl (C=O) groups is 1. The average Bonchev–Trinajstić information content (AvgIpc) is 3.24. The van der Waals surface area contributed by atoms with Gasteiger partial charge in [-0.15, -0.1) is 0 Å². The lowest BCUT2D eigenvalue weighted by Crippen LogP contribution is -2.34. The van der Waals surface area contributed by atoms with Crippen LogP contribution >= 0.6 is 0 Å². The quantitative estimate of drug-likeness (QED) is 0.673. The standard InChI is InChI=1S/C20H20N2O6/c23-5-2-4-22(20(25)16-3-1-6-26-16)12-14-9-13-10-17-18(28-8-7-27-17)11-15(13)21-19(14)24/h1,3,6,9-11,23H,2,4-5,7-8,12H2,(H,21,24). The van der Waals surface area contributed by atoms with Gasteiger partial charge in [-0.25, -0.2) is 0 Å². The Bertz CT molecular complexity index is 1040. The highest BCUT2D eigenvalue weighted by Crippen LogP contribution is 2.33. The number of ether oxygens (including phenoxy) is 2. The van der Waals surface area contributed by atoms with Crippen LogP contribution in [0.4, 0.5) is 0 Å². The number of hydrogen-bond acceptors (Lipinski definition) is 6. The van der Waals surface area contributed by atoms with E-state index >= 15 is 0 Å². The molecule has 0 saturated carbocycles. The Morgan fingerprint density at radius 2 is 1.96 bits per heavy atom. The molecule has 0 atom stereocenters. The van der Waals surface area contributed by atoms with E-state index < -0.39 is 0 Å². The molecule has 2 N–H and O–H groups in total. The average molecular weight is 384 g/mol. The number of H-pyrrole nitrogens is 1. The highest BCUT2D eigenvalue weighted by molar-refractivity contribution is 5.91. The number of furan rings is 1. The number of nitrogens with zero attached hydrogens (tertiary/aromatic N) is 1. The van der Waals surface area contributed by atoms with E-state index in [-0.39, 0.29) is 30.4 Å². The second kappa shape index (κ2) is 7.77. The Labute approximate surface area is 160 Å². The van der Waals surface area contributed by atoms with Crippen molar-refractivity contribution in [2.24, 2.45) is 0 Å². The first-order valence-corrected chi connectivity index (χ1v) is 9.05. The molecule has 0 bridgehead atoms. The Hall–Kier alpha value is -3.26. The molecule has 0 spiro atoms. The van der Waals surface area contributed by atoms with Crippen molar-refractivity contribution < 1.29 is 23.8 Å². The van der Waals surface area contributed by atoms with Crippen LogP contribution in [0.15, 0.2) is 45.8 Å². The lowest BCUT2D eigenvalue weighted by Gasteiger charge is -2.22. The fourth-order valence-corrected chi connectivity index (χ4v) is 3.18. The molecule has 3 heterocycles. The molecule has 8 nitrogen and oxygen atoms in total. The molecule has 0 aliphatic carbocycles. The van der Waals surface area contributed by atoms with Gasteiger partial charge in [0.1, 0.15) is 13.2 Å². The van der Waals surface area contributed by atoms with Crippen LogP contribution < -0.4 is 15.0 Å². The summed E-state index contributed by atoms with van der Waals surface area (Å²) in [7, 11) is 0. The second-order valence-corrected chi connectivity index (χ2v) is 6.49. The monoisotopic (exact) mass is 384 g/mol. The van der Waals surface area contributed by atoms with Gasteiger partial charge in [0, 0.05) is 30.2 Å². The number of aromatic amines is 1. The van der Waals surface area contributed by atoms with E-state index in [1.165, 1.54) is 11.2 Å². The molecular formula is C20H20N2O6. The van der Waals surface area contributed by atoms with Crippen LogP contribution in [-0.4, -0.2) is 47.3 Å². The Morgan fingerprint density at radius 1 is 1.18 bits per heavy atom. The van der Waals surface area contributed by atoms with Crippen LogP contribution in [0.5, 0.6) is 11.5 Å². The number of benzene rings is 1. The number of amides is 1. The van der Waals surface area contributed by atoms with E-state index in [0.29, 0.717) is 48.8 Å². The molecule has 2 aromatic heterocycles. The van der Waals surface area contributed by atoms with E-state index in [0.717, 1.165) is 5.39 Å². The molecule has 4 rings (SSSR count). The van der Waals surface area contributed by atoms with Gasteiger partial charge in [-0.3, -0.25) is 9.59 Å². The summed E-state index contributed by atoms with van der Waals surface area (Å²) in [6, 6.07) is 8.50. The van der Waals surface area contributed by atoms with E-state index in [2.05, 4.69) is 4.98 Å². The highest BCUT2D eigenvalue weighted by Gasteiger charge is 2.20. The van der Waals surface area contributed by atoms with Gasteiger partial charge in [-0.05, 0) is 30.7 Å². The van der Waals surface area contributed by atoms with E-state index in [1.807, 2.05) is 6.07 Å². The summed E-state index contributed by atoms with van der Waals surface area (Å²) in [6.07, 6.45) is 1.82. The fourth-order valence-electron chi connectivity index (χ4n) is 3.18. The normalized spacial score (nSPS) is 12.9. The van der Waals surface area contributed by atoms with Crippen molar-refractivity contribution in [3.63, 3.8) is 0 Å². The molecule has 0 saturated heterocycles. The zero-order valence-corrected chi connectivity index (χ0v) is 15.1. The van der Waals surface area contributed by atoms with Gasteiger partial charge in [0.25, 0.3) is 11.5 Å². The molecule has 3 aromatic rings. The summed E-state index contributed by atoms with van der Waals surface area (Å²) in [5, 5.41) is 9.93. The number of pyridine rings is 1. The molecule has 146 valence electrons. The summed E-state index contributed by atoms with van der Waals surface area (Å²) in [4.78, 5) is 29.6. The number of hydrogen-bond donors (Lipinski definition) is 2. The molecule has 8 heteroatoms. The van der Waals surface area contributed by atoms with Crippen LogP contribution in [-0.2, 0) is 6.54 Å². The van der Waals surface area contributed by atoms with E-state index in [1.54, 1.807) is 24.3 Å². The van der Waals surface area contributed by atoms with Gasteiger partial charge < -0.3 is 28.9 Å². The maximum Gasteiger partial charge on any atom is 0.289 e. The molecular weight excluding hydrogens is 364 g/mol. The van der Waals surface area contributed by atoms with Crippen LogP contribution in [0.3, 0.4) is 0 Å². The molecule has 1 aliphatic heterocycles. The number of aliphatic hydroxyl groups is 1. The number of rotatable bonds is 6. The Morgan fingerprint density at radius 3 is 2.68 bits per heavy atom. The molecule has 0 unspecified atom stereocenters. The topological polar surface area (TPSA) is 105 Å². The predicted octanol–water partition coefficient (Wildman–Crippen LogP) is 1.92. The van der Waals surface area contributed by atoms with Crippen molar-refractivity contribution in [2.75, 3.05) is 26.4 Å². The van der Waals surface area contributed by atoms with E-state index in [4.69, 9.17) is 19.0 Å². The third kappa shape index (κ3) is 3.59. The summed E-state index contributed by atoms with van der Waals surface area (Å²) >= 11 is 0. The first kappa shape index (κ1) is 18.1. The highest BCUT2D eigenvalue weighted by atomic mass is 16.6. The molecule has 1 aromatic carbocycles. The van der Waals surface area contributed by atoms with Crippen LogP contribution in [0.1, 0.15) is 22.5 Å². The van der Waals surface area contributed by atoms with E-state index in [9.17, 15) is 9.59 Å². The lowest BCUT2D eigenvalue weighted by atomic mass is 10.1. The van der Waals surface area contributed by atoms with Crippen molar-refractivity contribution in [1.82, 2.24) is 9.88 Å². The third-order valence-electron chi connectivity index (χ3n) is 4.55. The largest absolute Gasteiger partial charge is 0.486 e. The van der Waals surface area contributed by atoms with Crippen molar-refractivity contribution in [1.29, 1.82) is 0 Å². The van der Waals surface area contributed by atoms with Crippen molar-refractivity contribution >= 4 is 16.8 Å². The van der Waals surface area contributed by atoms with Gasteiger partial charge >= 0.3 is 0 Å². The van der Waals surface area contributed by atoms with Crippen molar-refractivity contribution in [3.05, 3.63) is 58.3 Å². The third-order valence-corrected chi connectivity index (χ3v) is 4.55. The minimum Gasteiger partial charge on any atom is -0.486 e. The van der Waals surface area contributed by atoms with Gasteiger partial charge in [0.15, 0.2) is 17.3 Å². The Kier molecular flexibility index (Phi) is 5.03. The minimum atomic E-state index is -0.333. The summed E-state index contributed by atoms with van der Waals surface area (Å²) in [6.45, 7) is 1.28. The molecule has 0 fully saturated rings. The van der Waals surface area contributed by atoms with Crippen molar-refractivity contribution in [2.45, 2.75) is 13.0 Å². The van der Waals surface area contributed by atoms with Crippen LogP contribution in [0.2, 0.25) is 0 Å². The molecule has 0 radical (unpaired) electrons. The fraction of sp³-hybridized carbons (Fsp3) is 0.300. The lowest BCUT2D eigenvalue weighted by molar-refractivity contribution is 0.0699. The van der Waals surface area contributed by atoms with Gasteiger partial charge in [-0.1, -0.05) is 0 Å². The number of aromatic nitrogens is 1. The molecule has 1 amide bonds. The van der Waals surface area contributed by atoms with Gasteiger partial charge in [-0.2, -0.15) is 0 Å². The number of aliphatic hydroxyl groups excluding tert-OH is 1. The van der Waals surface area contributed by atoms with Gasteiger partial charge in [0.2, 0.25) is 0 Å². The second-order valence-electron chi connectivity index (χ2n) is 6.49. The molecule has 1 aliphatic rings. The number of fused-ring (bicyclic) bond motifs is 2. The maximum atomic E-state index is 12.7. The van der Waals surface area contributed by atoms with Crippen LogP contribution in [0, 0.1) is 0 Å². The summed E-state index contributed by atoms with van der Waals surface area (Å²) in [5.41, 5.74) is 0.782. The van der Waals surface area contributed by atoms with Gasteiger partial charge in [0.05, 0.1) is 18.3 Å². The first-order chi connectivity index (χ1) is 13.7. The summed E-state index contributed by atoms with van der Waals surface area (Å²) < 4.78 is 16.3. The smallest absolute Gasteiger partial charge is 0.289 e. The summed E-state index contributed by atoms with van der Waals surface area (Å²) in [5.74, 6) is 1.08. The zero-order valence-electron chi connectivity index (χ0n) is 15.1. The maximum absolute atomic E-state index is 12.7. The number of carbonyl (C=O) groups excluding carboxylic acids is 1. The SMILES string of the molecule is O=C(c1ccco1)N(CCCO)Cc1cc2cc3c(cc2[nH]c1=O)OCCO3.